The van der Waals surface area contributed by atoms with Gasteiger partial charge in [-0.05, 0) is 41.1 Å². The number of hydrogen-bond acceptors (Lipinski definition) is 4. The molecule has 2 aromatic rings. The lowest BCUT2D eigenvalue weighted by molar-refractivity contribution is -0.136. The molecule has 5 nitrogen and oxygen atoms in total. The van der Waals surface area contributed by atoms with E-state index >= 15 is 0 Å². The number of aliphatic carboxylic acids is 1. The molecule has 0 amide bonds. The Kier molecular flexibility index (Phi) is 5.44. The van der Waals surface area contributed by atoms with Gasteiger partial charge in [0.05, 0.1) is 20.6 Å². The Morgan fingerprint density at radius 2 is 1.67 bits per heavy atom. The van der Waals surface area contributed by atoms with Crippen LogP contribution in [0.1, 0.15) is 48.5 Å². The summed E-state index contributed by atoms with van der Waals surface area (Å²) in [5, 5.41) is 10.3. The Balaban J connectivity index is 2.66. The standard InChI is InChI=1S/C19H22O5/c1-11(2)13-9-14-12(16(20)6-8-19(21)22)5-7-17(23-3)15(14)10-18(13)24-4/h5,7,9-11H,6,8H2,1-4H3,(H,21,22). The highest BCUT2D eigenvalue weighted by molar-refractivity contribution is 6.10. The van der Waals surface area contributed by atoms with E-state index < -0.39 is 5.97 Å². The normalized spacial score (nSPS) is 10.9. The third-order valence-electron chi connectivity index (χ3n) is 4.04. The number of ether oxygens (including phenoxy) is 2. The fourth-order valence-electron chi connectivity index (χ4n) is 2.77. The lowest BCUT2D eigenvalue weighted by Gasteiger charge is -2.16. The Morgan fingerprint density at radius 1 is 1.00 bits per heavy atom. The summed E-state index contributed by atoms with van der Waals surface area (Å²) >= 11 is 0. The molecular weight excluding hydrogens is 308 g/mol. The molecule has 0 fully saturated rings. The predicted molar refractivity (Wildman–Crippen MR) is 92.3 cm³/mol. The van der Waals surface area contributed by atoms with Gasteiger partial charge in [-0.1, -0.05) is 13.8 Å². The van der Waals surface area contributed by atoms with Crippen LogP contribution in [-0.4, -0.2) is 31.1 Å². The molecule has 0 unspecified atom stereocenters. The van der Waals surface area contributed by atoms with E-state index in [2.05, 4.69) is 13.8 Å². The Morgan fingerprint density at radius 3 is 2.21 bits per heavy atom. The molecule has 0 radical (unpaired) electrons. The van der Waals surface area contributed by atoms with E-state index in [1.54, 1.807) is 26.4 Å². The van der Waals surface area contributed by atoms with Gasteiger partial charge in [-0.15, -0.1) is 0 Å². The van der Waals surface area contributed by atoms with Crippen molar-refractivity contribution < 1.29 is 24.2 Å². The van der Waals surface area contributed by atoms with Crippen LogP contribution >= 0.6 is 0 Å². The van der Waals surface area contributed by atoms with Gasteiger partial charge in [-0.25, -0.2) is 0 Å². The molecule has 0 spiro atoms. The van der Waals surface area contributed by atoms with Crippen LogP contribution in [0.2, 0.25) is 0 Å². The number of fused-ring (bicyclic) bond motifs is 1. The van der Waals surface area contributed by atoms with Crippen LogP contribution in [0, 0.1) is 0 Å². The monoisotopic (exact) mass is 330 g/mol. The average Bonchev–Trinajstić information content (AvgIpc) is 2.57. The van der Waals surface area contributed by atoms with Crippen molar-refractivity contribution in [3.8, 4) is 11.5 Å². The zero-order chi connectivity index (χ0) is 17.9. The molecule has 0 aliphatic heterocycles. The first-order chi connectivity index (χ1) is 11.4. The Labute approximate surface area is 141 Å². The zero-order valence-electron chi connectivity index (χ0n) is 14.4. The SMILES string of the molecule is COc1cc2c(OC)ccc(C(=O)CCC(=O)O)c2cc1C(C)C. The van der Waals surface area contributed by atoms with Crippen molar-refractivity contribution in [2.75, 3.05) is 14.2 Å². The van der Waals surface area contributed by atoms with Crippen molar-refractivity contribution in [3.63, 3.8) is 0 Å². The third-order valence-corrected chi connectivity index (χ3v) is 4.04. The highest BCUT2D eigenvalue weighted by Gasteiger charge is 2.18. The molecule has 2 aromatic carbocycles. The highest BCUT2D eigenvalue weighted by atomic mass is 16.5. The molecule has 0 heterocycles. The zero-order valence-corrected chi connectivity index (χ0v) is 14.4. The van der Waals surface area contributed by atoms with Crippen molar-refractivity contribution in [1.82, 2.24) is 0 Å². The lowest BCUT2D eigenvalue weighted by Crippen LogP contribution is -2.05. The van der Waals surface area contributed by atoms with E-state index in [0.717, 1.165) is 22.1 Å². The maximum absolute atomic E-state index is 12.5. The molecule has 0 saturated heterocycles. The topological polar surface area (TPSA) is 72.8 Å². The minimum atomic E-state index is -0.981. The van der Waals surface area contributed by atoms with Crippen LogP contribution in [-0.2, 0) is 4.79 Å². The fraction of sp³-hybridized carbons (Fsp3) is 0.368. The van der Waals surface area contributed by atoms with E-state index in [9.17, 15) is 9.59 Å². The van der Waals surface area contributed by atoms with Gasteiger partial charge in [0.25, 0.3) is 0 Å². The number of carboxylic acid groups (broad SMARTS) is 1. The number of carbonyl (C=O) groups is 2. The third kappa shape index (κ3) is 3.50. The van der Waals surface area contributed by atoms with Crippen molar-refractivity contribution in [2.45, 2.75) is 32.6 Å². The predicted octanol–water partition coefficient (Wildman–Crippen LogP) is 4.03. The van der Waals surface area contributed by atoms with Gasteiger partial charge in [-0.3, -0.25) is 9.59 Å². The van der Waals surface area contributed by atoms with Crippen LogP contribution in [0.15, 0.2) is 24.3 Å². The van der Waals surface area contributed by atoms with Gasteiger partial charge in [0.15, 0.2) is 5.78 Å². The Hall–Kier alpha value is -2.56. The molecule has 0 bridgehead atoms. The van der Waals surface area contributed by atoms with E-state index in [-0.39, 0.29) is 24.5 Å². The number of carboxylic acids is 1. The van der Waals surface area contributed by atoms with Crippen LogP contribution in [0.25, 0.3) is 10.8 Å². The molecule has 5 heteroatoms. The minimum Gasteiger partial charge on any atom is -0.496 e. The minimum absolute atomic E-state index is 0.0280. The quantitative estimate of drug-likeness (QED) is 0.776. The number of benzene rings is 2. The molecule has 2 rings (SSSR count). The molecule has 0 saturated carbocycles. The molecule has 0 aliphatic rings. The smallest absolute Gasteiger partial charge is 0.303 e. The van der Waals surface area contributed by atoms with E-state index in [1.807, 2.05) is 12.1 Å². The van der Waals surface area contributed by atoms with E-state index in [0.29, 0.717) is 11.3 Å². The van der Waals surface area contributed by atoms with Crippen molar-refractivity contribution in [3.05, 3.63) is 35.4 Å². The summed E-state index contributed by atoms with van der Waals surface area (Å²) in [6.07, 6.45) is -0.209. The Bertz CT molecular complexity index is 777. The summed E-state index contributed by atoms with van der Waals surface area (Å²) in [4.78, 5) is 23.2. The van der Waals surface area contributed by atoms with Crippen molar-refractivity contribution in [2.24, 2.45) is 0 Å². The number of rotatable bonds is 7. The van der Waals surface area contributed by atoms with Crippen molar-refractivity contribution >= 4 is 22.5 Å². The fourth-order valence-corrected chi connectivity index (χ4v) is 2.77. The second-order valence-corrected chi connectivity index (χ2v) is 5.93. The highest BCUT2D eigenvalue weighted by Crippen LogP contribution is 2.37. The number of Topliss-reactive ketones (excluding diaryl/α,β-unsaturated/α-hetero) is 1. The summed E-state index contributed by atoms with van der Waals surface area (Å²) in [5.74, 6) is 0.437. The number of carbonyl (C=O) groups excluding carboxylic acids is 1. The maximum atomic E-state index is 12.5. The van der Waals surface area contributed by atoms with Crippen LogP contribution in [0.4, 0.5) is 0 Å². The van der Waals surface area contributed by atoms with Crippen LogP contribution in [0.5, 0.6) is 11.5 Å². The van der Waals surface area contributed by atoms with Gasteiger partial charge in [0.2, 0.25) is 0 Å². The van der Waals surface area contributed by atoms with Crippen LogP contribution in [0.3, 0.4) is 0 Å². The van der Waals surface area contributed by atoms with Gasteiger partial charge >= 0.3 is 5.97 Å². The summed E-state index contributed by atoms with van der Waals surface area (Å²) in [7, 11) is 3.19. The second kappa shape index (κ2) is 7.34. The van der Waals surface area contributed by atoms with Gasteiger partial charge < -0.3 is 14.6 Å². The van der Waals surface area contributed by atoms with Crippen LogP contribution < -0.4 is 9.47 Å². The summed E-state index contributed by atoms with van der Waals surface area (Å²) in [6.45, 7) is 4.10. The molecule has 0 atom stereocenters. The summed E-state index contributed by atoms with van der Waals surface area (Å²) < 4.78 is 10.9. The second-order valence-electron chi connectivity index (χ2n) is 5.93. The van der Waals surface area contributed by atoms with Crippen molar-refractivity contribution in [1.29, 1.82) is 0 Å². The first-order valence-electron chi connectivity index (χ1n) is 7.82. The molecule has 24 heavy (non-hydrogen) atoms. The molecular formula is C19H22O5. The number of hydrogen-bond donors (Lipinski definition) is 1. The molecule has 1 N–H and O–H groups in total. The largest absolute Gasteiger partial charge is 0.496 e. The van der Waals surface area contributed by atoms with Gasteiger partial charge in [-0.2, -0.15) is 0 Å². The molecule has 0 aromatic heterocycles. The average molecular weight is 330 g/mol. The maximum Gasteiger partial charge on any atom is 0.303 e. The molecule has 128 valence electrons. The van der Waals surface area contributed by atoms with Gasteiger partial charge in [0, 0.05) is 17.4 Å². The first kappa shape index (κ1) is 17.8. The first-order valence-corrected chi connectivity index (χ1v) is 7.82. The van der Waals surface area contributed by atoms with E-state index in [1.165, 1.54) is 0 Å². The van der Waals surface area contributed by atoms with E-state index in [4.69, 9.17) is 14.6 Å². The summed E-state index contributed by atoms with van der Waals surface area (Å²) in [6, 6.07) is 7.24. The summed E-state index contributed by atoms with van der Waals surface area (Å²) in [5.41, 5.74) is 1.50. The number of methoxy groups -OCH3 is 2. The lowest BCUT2D eigenvalue weighted by atomic mass is 9.93. The number of ketones is 1. The molecule has 0 aliphatic carbocycles. The van der Waals surface area contributed by atoms with Gasteiger partial charge in [0.1, 0.15) is 11.5 Å².